The fourth-order valence-electron chi connectivity index (χ4n) is 2.59. The van der Waals surface area contributed by atoms with E-state index in [0.717, 1.165) is 17.0 Å². The molecule has 1 amide bonds. The van der Waals surface area contributed by atoms with Crippen molar-refractivity contribution in [1.29, 1.82) is 0 Å². The SMILES string of the molecule is Cn1cnc2c(N3CCN(C(=O)OC(C)(C)C)CC3)ncnc21. The lowest BCUT2D eigenvalue weighted by molar-refractivity contribution is 0.0240. The van der Waals surface area contributed by atoms with E-state index in [1.54, 1.807) is 17.6 Å². The smallest absolute Gasteiger partial charge is 0.410 e. The molecular formula is C15H22N6O2. The first-order valence-corrected chi connectivity index (χ1v) is 7.70. The Labute approximate surface area is 135 Å². The number of aryl methyl sites for hydroxylation is 1. The van der Waals surface area contributed by atoms with Gasteiger partial charge in [-0.15, -0.1) is 0 Å². The summed E-state index contributed by atoms with van der Waals surface area (Å²) >= 11 is 0. The van der Waals surface area contributed by atoms with E-state index in [-0.39, 0.29) is 6.09 Å². The van der Waals surface area contributed by atoms with Gasteiger partial charge in [0.15, 0.2) is 17.0 Å². The minimum absolute atomic E-state index is 0.261. The molecule has 0 aromatic carbocycles. The second kappa shape index (κ2) is 5.68. The number of carbonyl (C=O) groups is 1. The lowest BCUT2D eigenvalue weighted by Crippen LogP contribution is -2.50. The number of imidazole rings is 1. The first kappa shape index (κ1) is 15.5. The number of anilines is 1. The molecule has 1 aliphatic heterocycles. The van der Waals surface area contributed by atoms with Crippen LogP contribution in [0.15, 0.2) is 12.7 Å². The molecule has 2 aromatic rings. The van der Waals surface area contributed by atoms with Crippen molar-refractivity contribution < 1.29 is 9.53 Å². The molecule has 0 unspecified atom stereocenters. The van der Waals surface area contributed by atoms with Crippen molar-refractivity contribution in [3.8, 4) is 0 Å². The Bertz CT molecular complexity index is 712. The highest BCUT2D eigenvalue weighted by molar-refractivity contribution is 5.83. The number of piperazine rings is 1. The molecule has 0 radical (unpaired) electrons. The van der Waals surface area contributed by atoms with Crippen LogP contribution in [0.3, 0.4) is 0 Å². The summed E-state index contributed by atoms with van der Waals surface area (Å²) in [7, 11) is 1.91. The molecule has 0 bridgehead atoms. The van der Waals surface area contributed by atoms with Crippen molar-refractivity contribution in [3.63, 3.8) is 0 Å². The molecule has 1 aliphatic rings. The molecule has 0 atom stereocenters. The number of ether oxygens (including phenoxy) is 1. The molecule has 3 rings (SSSR count). The van der Waals surface area contributed by atoms with Crippen molar-refractivity contribution in [2.75, 3.05) is 31.1 Å². The maximum absolute atomic E-state index is 12.1. The average molecular weight is 318 g/mol. The highest BCUT2D eigenvalue weighted by Gasteiger charge is 2.27. The van der Waals surface area contributed by atoms with Gasteiger partial charge in [-0.3, -0.25) is 0 Å². The fraction of sp³-hybridized carbons (Fsp3) is 0.600. The van der Waals surface area contributed by atoms with E-state index in [0.29, 0.717) is 26.2 Å². The summed E-state index contributed by atoms with van der Waals surface area (Å²) < 4.78 is 7.29. The second-order valence-electron chi connectivity index (χ2n) is 6.68. The summed E-state index contributed by atoms with van der Waals surface area (Å²) in [5.41, 5.74) is 1.13. The fourth-order valence-corrected chi connectivity index (χ4v) is 2.59. The standard InChI is InChI=1S/C15H22N6O2/c1-15(2,3)23-14(22)21-7-5-20(6-8-21)13-11-12(16-9-17-13)19(4)10-18-11/h9-10H,5-8H2,1-4H3. The molecule has 0 saturated carbocycles. The van der Waals surface area contributed by atoms with Crippen molar-refractivity contribution in [2.45, 2.75) is 26.4 Å². The number of carbonyl (C=O) groups excluding carboxylic acids is 1. The zero-order chi connectivity index (χ0) is 16.6. The molecule has 0 aliphatic carbocycles. The Morgan fingerprint density at radius 3 is 2.48 bits per heavy atom. The van der Waals surface area contributed by atoms with Crippen LogP contribution in [0, 0.1) is 0 Å². The number of rotatable bonds is 1. The topological polar surface area (TPSA) is 76.4 Å². The van der Waals surface area contributed by atoms with Crippen molar-refractivity contribution >= 4 is 23.1 Å². The van der Waals surface area contributed by atoms with Crippen LogP contribution in [0.5, 0.6) is 0 Å². The number of fused-ring (bicyclic) bond motifs is 1. The van der Waals surface area contributed by atoms with Gasteiger partial charge in [0, 0.05) is 33.2 Å². The summed E-state index contributed by atoms with van der Waals surface area (Å²) in [6.45, 7) is 8.23. The number of aromatic nitrogens is 4. The van der Waals surface area contributed by atoms with Gasteiger partial charge in [0.1, 0.15) is 11.9 Å². The van der Waals surface area contributed by atoms with Crippen LogP contribution < -0.4 is 4.90 Å². The van der Waals surface area contributed by atoms with Gasteiger partial charge in [-0.2, -0.15) is 0 Å². The lowest BCUT2D eigenvalue weighted by Gasteiger charge is -2.36. The van der Waals surface area contributed by atoms with E-state index in [4.69, 9.17) is 4.74 Å². The number of nitrogens with zero attached hydrogens (tertiary/aromatic N) is 6. The monoisotopic (exact) mass is 318 g/mol. The van der Waals surface area contributed by atoms with Crippen LogP contribution in [0.1, 0.15) is 20.8 Å². The first-order chi connectivity index (χ1) is 10.8. The van der Waals surface area contributed by atoms with Crippen molar-refractivity contribution in [1.82, 2.24) is 24.4 Å². The van der Waals surface area contributed by atoms with Gasteiger partial charge in [-0.1, -0.05) is 0 Å². The summed E-state index contributed by atoms with van der Waals surface area (Å²) in [6.07, 6.45) is 3.03. The van der Waals surface area contributed by atoms with Gasteiger partial charge >= 0.3 is 6.09 Å². The minimum atomic E-state index is -0.471. The highest BCUT2D eigenvalue weighted by Crippen LogP contribution is 2.22. The van der Waals surface area contributed by atoms with Crippen LogP contribution in [0.25, 0.3) is 11.2 Å². The Kier molecular flexibility index (Phi) is 3.83. The molecule has 1 saturated heterocycles. The van der Waals surface area contributed by atoms with E-state index in [2.05, 4.69) is 19.9 Å². The molecule has 124 valence electrons. The van der Waals surface area contributed by atoms with Gasteiger partial charge in [0.2, 0.25) is 0 Å². The minimum Gasteiger partial charge on any atom is -0.444 e. The van der Waals surface area contributed by atoms with Crippen LogP contribution in [0.4, 0.5) is 10.6 Å². The summed E-state index contributed by atoms with van der Waals surface area (Å²) in [6, 6.07) is 0. The summed E-state index contributed by atoms with van der Waals surface area (Å²) in [5, 5.41) is 0. The number of hydrogen-bond donors (Lipinski definition) is 0. The quantitative estimate of drug-likeness (QED) is 0.791. The number of hydrogen-bond acceptors (Lipinski definition) is 6. The van der Waals surface area contributed by atoms with Crippen molar-refractivity contribution in [2.24, 2.45) is 7.05 Å². The third kappa shape index (κ3) is 3.20. The largest absolute Gasteiger partial charge is 0.444 e. The average Bonchev–Trinajstić information content (AvgIpc) is 2.87. The van der Waals surface area contributed by atoms with Gasteiger partial charge < -0.3 is 19.1 Å². The molecule has 2 aromatic heterocycles. The Hall–Kier alpha value is -2.38. The van der Waals surface area contributed by atoms with E-state index < -0.39 is 5.60 Å². The highest BCUT2D eigenvalue weighted by atomic mass is 16.6. The Morgan fingerprint density at radius 2 is 1.83 bits per heavy atom. The van der Waals surface area contributed by atoms with E-state index in [1.165, 1.54) is 0 Å². The molecule has 0 spiro atoms. The molecule has 8 nitrogen and oxygen atoms in total. The lowest BCUT2D eigenvalue weighted by atomic mass is 10.2. The van der Waals surface area contributed by atoms with Gasteiger partial charge in [0.25, 0.3) is 0 Å². The van der Waals surface area contributed by atoms with Crippen LogP contribution in [-0.2, 0) is 11.8 Å². The van der Waals surface area contributed by atoms with Gasteiger partial charge in [-0.05, 0) is 20.8 Å². The van der Waals surface area contributed by atoms with Gasteiger partial charge in [-0.25, -0.2) is 19.7 Å². The van der Waals surface area contributed by atoms with E-state index in [1.807, 2.05) is 32.4 Å². The first-order valence-electron chi connectivity index (χ1n) is 7.70. The third-order valence-electron chi connectivity index (χ3n) is 3.71. The summed E-state index contributed by atoms with van der Waals surface area (Å²) in [5.74, 6) is 0.819. The zero-order valence-electron chi connectivity index (χ0n) is 14.0. The van der Waals surface area contributed by atoms with E-state index in [9.17, 15) is 4.79 Å². The molecule has 0 N–H and O–H groups in total. The molecule has 23 heavy (non-hydrogen) atoms. The molecule has 3 heterocycles. The summed E-state index contributed by atoms with van der Waals surface area (Å²) in [4.78, 5) is 29.0. The Morgan fingerprint density at radius 1 is 1.13 bits per heavy atom. The molecular weight excluding hydrogens is 296 g/mol. The number of amides is 1. The third-order valence-corrected chi connectivity index (χ3v) is 3.71. The van der Waals surface area contributed by atoms with Gasteiger partial charge in [0.05, 0.1) is 6.33 Å². The van der Waals surface area contributed by atoms with E-state index >= 15 is 0 Å². The maximum atomic E-state index is 12.1. The van der Waals surface area contributed by atoms with Crippen LogP contribution in [-0.4, -0.2) is 62.3 Å². The predicted molar refractivity (Wildman–Crippen MR) is 86.3 cm³/mol. The maximum Gasteiger partial charge on any atom is 0.410 e. The van der Waals surface area contributed by atoms with Crippen molar-refractivity contribution in [3.05, 3.63) is 12.7 Å². The zero-order valence-corrected chi connectivity index (χ0v) is 14.0. The Balaban J connectivity index is 1.70. The second-order valence-corrected chi connectivity index (χ2v) is 6.68. The molecule has 1 fully saturated rings. The normalized spacial score (nSPS) is 16.0. The predicted octanol–water partition coefficient (Wildman–Crippen LogP) is 1.42. The molecule has 8 heteroatoms. The van der Waals surface area contributed by atoms with Crippen LogP contribution in [0.2, 0.25) is 0 Å². The van der Waals surface area contributed by atoms with Crippen LogP contribution >= 0.6 is 0 Å².